The van der Waals surface area contributed by atoms with Crippen molar-refractivity contribution in [2.24, 2.45) is 5.84 Å². The molecule has 5 nitrogen and oxygen atoms in total. The van der Waals surface area contributed by atoms with E-state index < -0.39 is 0 Å². The SMILES string of the molecule is NNc1nc(-c2cccc(O)c2)nc2c1CCCCC2. The van der Waals surface area contributed by atoms with Gasteiger partial charge in [-0.1, -0.05) is 18.6 Å². The second-order valence-electron chi connectivity index (χ2n) is 5.08. The van der Waals surface area contributed by atoms with Crippen molar-refractivity contribution in [1.82, 2.24) is 9.97 Å². The van der Waals surface area contributed by atoms with E-state index in [1.165, 1.54) is 6.42 Å². The summed E-state index contributed by atoms with van der Waals surface area (Å²) in [4.78, 5) is 9.17. The third kappa shape index (κ3) is 2.44. The van der Waals surface area contributed by atoms with Crippen molar-refractivity contribution in [3.8, 4) is 17.1 Å². The number of phenols is 1. The van der Waals surface area contributed by atoms with Gasteiger partial charge in [-0.2, -0.15) is 0 Å². The zero-order chi connectivity index (χ0) is 13.9. The summed E-state index contributed by atoms with van der Waals surface area (Å²) in [5.74, 6) is 7.13. The number of nitrogens with zero attached hydrogens (tertiary/aromatic N) is 2. The number of nitrogen functional groups attached to an aromatic ring is 1. The lowest BCUT2D eigenvalue weighted by atomic mass is 10.1. The van der Waals surface area contributed by atoms with Crippen molar-refractivity contribution in [3.05, 3.63) is 35.5 Å². The van der Waals surface area contributed by atoms with E-state index in [9.17, 15) is 5.11 Å². The molecule has 0 amide bonds. The summed E-state index contributed by atoms with van der Waals surface area (Å²) in [6, 6.07) is 6.97. The Morgan fingerprint density at radius 3 is 2.75 bits per heavy atom. The van der Waals surface area contributed by atoms with Crippen molar-refractivity contribution < 1.29 is 5.11 Å². The number of aromatic hydroxyl groups is 1. The van der Waals surface area contributed by atoms with E-state index in [2.05, 4.69) is 15.4 Å². The number of nitrogens with one attached hydrogen (secondary N) is 1. The Morgan fingerprint density at radius 1 is 1.10 bits per heavy atom. The average Bonchev–Trinajstić information content (AvgIpc) is 2.71. The summed E-state index contributed by atoms with van der Waals surface area (Å²) in [5.41, 5.74) is 5.70. The van der Waals surface area contributed by atoms with Crippen LogP contribution in [-0.4, -0.2) is 15.1 Å². The molecule has 104 valence electrons. The molecule has 0 spiro atoms. The summed E-state index contributed by atoms with van der Waals surface area (Å²) >= 11 is 0. The minimum absolute atomic E-state index is 0.211. The Morgan fingerprint density at radius 2 is 1.95 bits per heavy atom. The first-order valence-corrected chi connectivity index (χ1v) is 6.94. The number of hydrazine groups is 1. The Hall–Kier alpha value is -2.14. The van der Waals surface area contributed by atoms with Gasteiger partial charge in [0.15, 0.2) is 5.82 Å². The summed E-state index contributed by atoms with van der Waals surface area (Å²) < 4.78 is 0. The van der Waals surface area contributed by atoms with Crippen LogP contribution in [0.4, 0.5) is 5.82 Å². The topological polar surface area (TPSA) is 84.1 Å². The Labute approximate surface area is 117 Å². The van der Waals surface area contributed by atoms with E-state index in [1.807, 2.05) is 6.07 Å². The molecule has 20 heavy (non-hydrogen) atoms. The van der Waals surface area contributed by atoms with Gasteiger partial charge in [0.05, 0.1) is 0 Å². The fraction of sp³-hybridized carbons (Fsp3) is 0.333. The first-order chi connectivity index (χ1) is 9.78. The van der Waals surface area contributed by atoms with Gasteiger partial charge in [0.2, 0.25) is 0 Å². The largest absolute Gasteiger partial charge is 0.508 e. The molecule has 1 aromatic heterocycles. The van der Waals surface area contributed by atoms with Crippen molar-refractivity contribution in [2.75, 3.05) is 5.43 Å². The highest BCUT2D eigenvalue weighted by atomic mass is 16.3. The van der Waals surface area contributed by atoms with E-state index in [-0.39, 0.29) is 5.75 Å². The maximum atomic E-state index is 9.59. The highest BCUT2D eigenvalue weighted by Crippen LogP contribution is 2.28. The Bertz CT molecular complexity index is 627. The van der Waals surface area contributed by atoms with Gasteiger partial charge in [-0.25, -0.2) is 15.8 Å². The number of hydrogen-bond donors (Lipinski definition) is 3. The number of benzene rings is 1. The Kier molecular flexibility index (Phi) is 3.52. The maximum absolute atomic E-state index is 9.59. The maximum Gasteiger partial charge on any atom is 0.161 e. The van der Waals surface area contributed by atoms with Crippen LogP contribution in [-0.2, 0) is 12.8 Å². The van der Waals surface area contributed by atoms with Gasteiger partial charge in [-0.05, 0) is 37.8 Å². The molecule has 1 aliphatic carbocycles. The highest BCUT2D eigenvalue weighted by Gasteiger charge is 2.17. The van der Waals surface area contributed by atoms with Gasteiger partial charge in [0.1, 0.15) is 11.6 Å². The third-order valence-corrected chi connectivity index (χ3v) is 3.67. The van der Waals surface area contributed by atoms with E-state index in [0.29, 0.717) is 11.6 Å². The number of fused-ring (bicyclic) bond motifs is 1. The fourth-order valence-electron chi connectivity index (χ4n) is 2.66. The lowest BCUT2D eigenvalue weighted by Crippen LogP contribution is -2.14. The van der Waals surface area contributed by atoms with Crippen LogP contribution in [0.3, 0.4) is 0 Å². The molecule has 1 heterocycles. The van der Waals surface area contributed by atoms with Crippen LogP contribution in [0.1, 0.15) is 30.5 Å². The lowest BCUT2D eigenvalue weighted by molar-refractivity contribution is 0.475. The van der Waals surface area contributed by atoms with E-state index in [4.69, 9.17) is 5.84 Å². The second kappa shape index (κ2) is 5.46. The Balaban J connectivity index is 2.11. The third-order valence-electron chi connectivity index (χ3n) is 3.67. The summed E-state index contributed by atoms with van der Waals surface area (Å²) in [6.07, 6.45) is 5.43. The minimum Gasteiger partial charge on any atom is -0.508 e. The lowest BCUT2D eigenvalue weighted by Gasteiger charge is -2.12. The van der Waals surface area contributed by atoms with Crippen molar-refractivity contribution in [3.63, 3.8) is 0 Å². The normalized spacial score (nSPS) is 14.4. The molecule has 0 saturated carbocycles. The van der Waals surface area contributed by atoms with Crippen LogP contribution in [0.5, 0.6) is 5.75 Å². The van der Waals surface area contributed by atoms with Crippen molar-refractivity contribution >= 4 is 5.82 Å². The molecule has 4 N–H and O–H groups in total. The standard InChI is InChI=1S/C15H18N4O/c16-19-15-12-7-2-1-3-8-13(12)17-14(18-15)10-5-4-6-11(20)9-10/h4-6,9,20H,1-3,7-8,16H2,(H,17,18,19). The first kappa shape index (κ1) is 12.9. The molecule has 3 rings (SSSR count). The van der Waals surface area contributed by atoms with E-state index >= 15 is 0 Å². The van der Waals surface area contributed by atoms with E-state index in [0.717, 1.165) is 42.5 Å². The zero-order valence-electron chi connectivity index (χ0n) is 11.3. The van der Waals surface area contributed by atoms with Gasteiger partial charge >= 0.3 is 0 Å². The van der Waals surface area contributed by atoms with Gasteiger partial charge in [0, 0.05) is 16.8 Å². The van der Waals surface area contributed by atoms with Crippen LogP contribution in [0.2, 0.25) is 0 Å². The fourth-order valence-corrected chi connectivity index (χ4v) is 2.66. The molecule has 0 atom stereocenters. The molecule has 5 heteroatoms. The number of aromatic nitrogens is 2. The second-order valence-corrected chi connectivity index (χ2v) is 5.08. The molecular formula is C15H18N4O. The predicted molar refractivity (Wildman–Crippen MR) is 78.2 cm³/mol. The molecular weight excluding hydrogens is 252 g/mol. The number of hydrogen-bond acceptors (Lipinski definition) is 5. The number of nitrogens with two attached hydrogens (primary N) is 1. The van der Waals surface area contributed by atoms with Crippen LogP contribution in [0, 0.1) is 0 Å². The molecule has 2 aromatic rings. The number of anilines is 1. The quantitative estimate of drug-likeness (QED) is 0.443. The zero-order valence-corrected chi connectivity index (χ0v) is 11.3. The molecule has 0 unspecified atom stereocenters. The highest BCUT2D eigenvalue weighted by molar-refractivity contribution is 5.61. The molecule has 0 saturated heterocycles. The van der Waals surface area contributed by atoms with E-state index in [1.54, 1.807) is 18.2 Å². The summed E-state index contributed by atoms with van der Waals surface area (Å²) in [5, 5.41) is 9.59. The molecule has 0 bridgehead atoms. The molecule has 1 aromatic carbocycles. The van der Waals surface area contributed by atoms with Gasteiger partial charge < -0.3 is 10.5 Å². The van der Waals surface area contributed by atoms with Crippen LogP contribution < -0.4 is 11.3 Å². The minimum atomic E-state index is 0.211. The molecule has 0 fully saturated rings. The summed E-state index contributed by atoms with van der Waals surface area (Å²) in [7, 11) is 0. The van der Waals surface area contributed by atoms with Gasteiger partial charge in [0.25, 0.3) is 0 Å². The smallest absolute Gasteiger partial charge is 0.161 e. The number of rotatable bonds is 2. The average molecular weight is 270 g/mol. The molecule has 0 radical (unpaired) electrons. The summed E-state index contributed by atoms with van der Waals surface area (Å²) in [6.45, 7) is 0. The predicted octanol–water partition coefficient (Wildman–Crippen LogP) is 2.40. The first-order valence-electron chi connectivity index (χ1n) is 6.94. The monoisotopic (exact) mass is 270 g/mol. The van der Waals surface area contributed by atoms with Crippen LogP contribution in [0.15, 0.2) is 24.3 Å². The van der Waals surface area contributed by atoms with Crippen LogP contribution in [0.25, 0.3) is 11.4 Å². The van der Waals surface area contributed by atoms with Gasteiger partial charge in [-0.15, -0.1) is 0 Å². The van der Waals surface area contributed by atoms with Crippen LogP contribution >= 0.6 is 0 Å². The number of aryl methyl sites for hydroxylation is 1. The van der Waals surface area contributed by atoms with Crippen molar-refractivity contribution in [1.29, 1.82) is 0 Å². The number of phenolic OH excluding ortho intramolecular Hbond substituents is 1. The molecule has 1 aliphatic rings. The molecule has 0 aliphatic heterocycles. The van der Waals surface area contributed by atoms with Gasteiger partial charge in [-0.3, -0.25) is 0 Å². The van der Waals surface area contributed by atoms with Crippen molar-refractivity contribution in [2.45, 2.75) is 32.1 Å².